The van der Waals surface area contributed by atoms with Crippen molar-refractivity contribution in [3.05, 3.63) is 53.6 Å². The quantitative estimate of drug-likeness (QED) is 0.736. The number of fused-ring (bicyclic) bond motifs is 1. The summed E-state index contributed by atoms with van der Waals surface area (Å²) in [5, 5.41) is 13.3. The van der Waals surface area contributed by atoms with Crippen LogP contribution >= 0.6 is 0 Å². The fourth-order valence-electron chi connectivity index (χ4n) is 1.91. The van der Waals surface area contributed by atoms with Gasteiger partial charge in [0.25, 0.3) is 5.91 Å². The van der Waals surface area contributed by atoms with Gasteiger partial charge in [-0.05, 0) is 42.8 Å². The Bertz CT molecular complexity index is 748. The molecule has 0 fully saturated rings. The average Bonchev–Trinajstić information content (AvgIpc) is 2.85. The maximum atomic E-state index is 12.1. The lowest BCUT2D eigenvalue weighted by Crippen LogP contribution is -2.11. The molecule has 0 radical (unpaired) electrons. The standard InChI is InChI=1S/C14H12N4O/c1-9-3-2-4-11(7-9)15-14(19)10-5-6-12-13(8-10)17-18-16-12/h2-8H,1H3,(H,15,19)(H,16,17,18). The highest BCUT2D eigenvalue weighted by Gasteiger charge is 2.08. The smallest absolute Gasteiger partial charge is 0.255 e. The van der Waals surface area contributed by atoms with Crippen LogP contribution in [0.2, 0.25) is 0 Å². The number of aromatic nitrogens is 3. The number of amides is 1. The zero-order valence-corrected chi connectivity index (χ0v) is 10.3. The van der Waals surface area contributed by atoms with Crippen LogP contribution in [0.5, 0.6) is 0 Å². The Labute approximate surface area is 109 Å². The Balaban J connectivity index is 1.87. The van der Waals surface area contributed by atoms with E-state index >= 15 is 0 Å². The van der Waals surface area contributed by atoms with E-state index in [-0.39, 0.29) is 5.91 Å². The zero-order valence-electron chi connectivity index (χ0n) is 10.3. The third-order valence-electron chi connectivity index (χ3n) is 2.85. The second-order valence-electron chi connectivity index (χ2n) is 4.35. The number of rotatable bonds is 2. The molecule has 0 aliphatic rings. The highest BCUT2D eigenvalue weighted by molar-refractivity contribution is 6.05. The number of benzene rings is 2. The first kappa shape index (κ1) is 11.4. The van der Waals surface area contributed by atoms with Gasteiger partial charge >= 0.3 is 0 Å². The highest BCUT2D eigenvalue weighted by Crippen LogP contribution is 2.14. The lowest BCUT2D eigenvalue weighted by Gasteiger charge is -2.05. The van der Waals surface area contributed by atoms with E-state index in [4.69, 9.17) is 0 Å². The first-order valence-corrected chi connectivity index (χ1v) is 5.91. The van der Waals surface area contributed by atoms with Crippen LogP contribution in [0.4, 0.5) is 5.69 Å². The molecule has 0 aliphatic heterocycles. The number of hydrogen-bond donors (Lipinski definition) is 2. The van der Waals surface area contributed by atoms with Crippen LogP contribution in [-0.2, 0) is 0 Å². The molecule has 1 amide bonds. The van der Waals surface area contributed by atoms with E-state index in [1.807, 2.05) is 31.2 Å². The maximum Gasteiger partial charge on any atom is 0.255 e. The summed E-state index contributed by atoms with van der Waals surface area (Å²) in [4.78, 5) is 12.1. The SMILES string of the molecule is Cc1cccc(NC(=O)c2ccc3n[nH]nc3c2)c1. The van der Waals surface area contributed by atoms with Crippen molar-refractivity contribution < 1.29 is 4.79 Å². The molecule has 0 spiro atoms. The lowest BCUT2D eigenvalue weighted by atomic mass is 10.1. The van der Waals surface area contributed by atoms with Crippen molar-refractivity contribution in [3.8, 4) is 0 Å². The molecule has 2 aromatic carbocycles. The number of nitrogens with one attached hydrogen (secondary N) is 2. The molecule has 0 bridgehead atoms. The van der Waals surface area contributed by atoms with Crippen LogP contribution in [0.25, 0.3) is 11.0 Å². The summed E-state index contributed by atoms with van der Waals surface area (Å²) in [6.45, 7) is 1.98. The van der Waals surface area contributed by atoms with Gasteiger partial charge in [-0.25, -0.2) is 0 Å². The summed E-state index contributed by atoms with van der Waals surface area (Å²) < 4.78 is 0. The summed E-state index contributed by atoms with van der Waals surface area (Å²) in [5.74, 6) is -0.157. The number of nitrogens with zero attached hydrogens (tertiary/aromatic N) is 2. The van der Waals surface area contributed by atoms with Crippen molar-refractivity contribution in [1.29, 1.82) is 0 Å². The molecular formula is C14H12N4O. The van der Waals surface area contributed by atoms with Gasteiger partial charge in [0.05, 0.1) is 0 Å². The topological polar surface area (TPSA) is 70.7 Å². The predicted octanol–water partition coefficient (Wildman–Crippen LogP) is 2.52. The summed E-state index contributed by atoms with van der Waals surface area (Å²) in [5.41, 5.74) is 3.86. The van der Waals surface area contributed by atoms with Crippen molar-refractivity contribution in [3.63, 3.8) is 0 Å². The van der Waals surface area contributed by atoms with Crippen LogP contribution in [0.15, 0.2) is 42.5 Å². The molecule has 0 saturated heterocycles. The van der Waals surface area contributed by atoms with Gasteiger partial charge in [-0.1, -0.05) is 12.1 Å². The normalized spacial score (nSPS) is 10.6. The Hall–Kier alpha value is -2.69. The molecule has 0 aliphatic carbocycles. The molecule has 2 N–H and O–H groups in total. The largest absolute Gasteiger partial charge is 0.322 e. The van der Waals surface area contributed by atoms with E-state index in [0.717, 1.165) is 16.8 Å². The predicted molar refractivity (Wildman–Crippen MR) is 73.0 cm³/mol. The second-order valence-corrected chi connectivity index (χ2v) is 4.35. The van der Waals surface area contributed by atoms with Crippen molar-refractivity contribution in [2.75, 3.05) is 5.32 Å². The number of aryl methyl sites for hydroxylation is 1. The Morgan fingerprint density at radius 3 is 2.79 bits per heavy atom. The molecule has 19 heavy (non-hydrogen) atoms. The zero-order chi connectivity index (χ0) is 13.2. The van der Waals surface area contributed by atoms with Crippen LogP contribution in [0.1, 0.15) is 15.9 Å². The first-order valence-electron chi connectivity index (χ1n) is 5.91. The molecule has 0 atom stereocenters. The van der Waals surface area contributed by atoms with Crippen LogP contribution in [-0.4, -0.2) is 21.3 Å². The fourth-order valence-corrected chi connectivity index (χ4v) is 1.91. The molecular weight excluding hydrogens is 240 g/mol. The molecule has 0 saturated carbocycles. The Morgan fingerprint density at radius 1 is 1.11 bits per heavy atom. The van der Waals surface area contributed by atoms with Crippen LogP contribution in [0, 0.1) is 6.92 Å². The monoisotopic (exact) mass is 252 g/mol. The molecule has 5 nitrogen and oxygen atoms in total. The highest BCUT2D eigenvalue weighted by atomic mass is 16.1. The number of carbonyl (C=O) groups is 1. The van der Waals surface area contributed by atoms with Crippen LogP contribution in [0.3, 0.4) is 0 Å². The van der Waals surface area contributed by atoms with Crippen molar-refractivity contribution in [2.45, 2.75) is 6.92 Å². The van der Waals surface area contributed by atoms with E-state index in [2.05, 4.69) is 20.7 Å². The summed E-state index contributed by atoms with van der Waals surface area (Å²) >= 11 is 0. The Morgan fingerprint density at radius 2 is 1.95 bits per heavy atom. The minimum Gasteiger partial charge on any atom is -0.322 e. The molecule has 5 heteroatoms. The maximum absolute atomic E-state index is 12.1. The van der Waals surface area contributed by atoms with Crippen molar-refractivity contribution in [2.24, 2.45) is 0 Å². The number of aromatic amines is 1. The minimum atomic E-state index is -0.157. The summed E-state index contributed by atoms with van der Waals surface area (Å²) in [7, 11) is 0. The van der Waals surface area contributed by atoms with Crippen molar-refractivity contribution in [1.82, 2.24) is 15.4 Å². The number of carbonyl (C=O) groups excluding carboxylic acids is 1. The summed E-state index contributed by atoms with van der Waals surface area (Å²) in [6, 6.07) is 12.9. The van der Waals surface area contributed by atoms with Gasteiger partial charge in [-0.2, -0.15) is 15.4 Å². The third-order valence-corrected chi connectivity index (χ3v) is 2.85. The number of anilines is 1. The molecule has 0 unspecified atom stereocenters. The van der Waals surface area contributed by atoms with Gasteiger partial charge in [-0.3, -0.25) is 4.79 Å². The fraction of sp³-hybridized carbons (Fsp3) is 0.0714. The first-order chi connectivity index (χ1) is 9.22. The van der Waals surface area contributed by atoms with E-state index in [1.165, 1.54) is 0 Å². The average molecular weight is 252 g/mol. The van der Waals surface area contributed by atoms with Crippen molar-refractivity contribution >= 4 is 22.6 Å². The minimum absolute atomic E-state index is 0.157. The van der Waals surface area contributed by atoms with Gasteiger partial charge in [0.1, 0.15) is 11.0 Å². The van der Waals surface area contributed by atoms with E-state index < -0.39 is 0 Å². The van der Waals surface area contributed by atoms with Gasteiger partial charge < -0.3 is 5.32 Å². The second kappa shape index (κ2) is 4.53. The van der Waals surface area contributed by atoms with E-state index in [0.29, 0.717) is 11.1 Å². The molecule has 1 heterocycles. The molecule has 1 aromatic heterocycles. The van der Waals surface area contributed by atoms with E-state index in [1.54, 1.807) is 18.2 Å². The molecule has 94 valence electrons. The number of H-pyrrole nitrogens is 1. The van der Waals surface area contributed by atoms with Gasteiger partial charge in [0.2, 0.25) is 0 Å². The van der Waals surface area contributed by atoms with Crippen LogP contribution < -0.4 is 5.32 Å². The summed E-state index contributed by atoms with van der Waals surface area (Å²) in [6.07, 6.45) is 0. The number of hydrogen-bond acceptors (Lipinski definition) is 3. The Kier molecular flexibility index (Phi) is 2.72. The third kappa shape index (κ3) is 2.30. The van der Waals surface area contributed by atoms with E-state index in [9.17, 15) is 4.79 Å². The lowest BCUT2D eigenvalue weighted by molar-refractivity contribution is 0.102. The molecule has 3 aromatic rings. The van der Waals surface area contributed by atoms with Gasteiger partial charge in [-0.15, -0.1) is 0 Å². The molecule has 3 rings (SSSR count). The van der Waals surface area contributed by atoms with Gasteiger partial charge in [0.15, 0.2) is 0 Å². The van der Waals surface area contributed by atoms with Gasteiger partial charge in [0, 0.05) is 11.3 Å².